The van der Waals surface area contributed by atoms with Crippen LogP contribution in [0.3, 0.4) is 0 Å². The molecule has 1 aliphatic heterocycles. The van der Waals surface area contributed by atoms with E-state index in [1.54, 1.807) is 6.20 Å². The van der Waals surface area contributed by atoms with Gasteiger partial charge in [0.05, 0.1) is 11.6 Å². The van der Waals surface area contributed by atoms with Crippen molar-refractivity contribution in [1.82, 2.24) is 15.6 Å². The van der Waals surface area contributed by atoms with E-state index in [1.807, 2.05) is 37.3 Å². The predicted molar refractivity (Wildman–Crippen MR) is 95.8 cm³/mol. The molecule has 2 N–H and O–H groups in total. The normalized spacial score (nSPS) is 26.8. The van der Waals surface area contributed by atoms with Crippen molar-refractivity contribution in [2.45, 2.75) is 38.6 Å². The van der Waals surface area contributed by atoms with Crippen molar-refractivity contribution in [2.75, 3.05) is 13.1 Å². The molecule has 0 spiro atoms. The third-order valence-corrected chi connectivity index (χ3v) is 5.79. The summed E-state index contributed by atoms with van der Waals surface area (Å²) in [6.07, 6.45) is 6.22. The summed E-state index contributed by atoms with van der Waals surface area (Å²) < 4.78 is 5.89. The molecule has 1 unspecified atom stereocenters. The fraction of sp³-hybridized carbons (Fsp3) is 0.500. The van der Waals surface area contributed by atoms with E-state index in [-0.39, 0.29) is 17.4 Å². The largest absolute Gasteiger partial charge is 0.438 e. The number of hydrogen-bond acceptors (Lipinski definition) is 4. The zero-order valence-electron chi connectivity index (χ0n) is 14.6. The molecule has 5 nitrogen and oxygen atoms in total. The van der Waals surface area contributed by atoms with Crippen LogP contribution in [0.5, 0.6) is 0 Å². The number of amides is 1. The summed E-state index contributed by atoms with van der Waals surface area (Å²) in [5.74, 6) is 1.89. The number of rotatable bonds is 4. The van der Waals surface area contributed by atoms with E-state index in [9.17, 15) is 4.79 Å². The maximum Gasteiger partial charge on any atom is 0.228 e. The van der Waals surface area contributed by atoms with Gasteiger partial charge in [-0.2, -0.15) is 0 Å². The molecule has 3 atom stereocenters. The van der Waals surface area contributed by atoms with Crippen molar-refractivity contribution in [2.24, 2.45) is 11.3 Å². The minimum absolute atomic E-state index is 0.147. The Balaban J connectivity index is 1.48. The Bertz CT molecular complexity index is 742. The highest BCUT2D eigenvalue weighted by molar-refractivity contribution is 5.84. The van der Waals surface area contributed by atoms with Gasteiger partial charge in [-0.05, 0) is 32.2 Å². The van der Waals surface area contributed by atoms with Gasteiger partial charge in [-0.15, -0.1) is 0 Å². The van der Waals surface area contributed by atoms with Crippen LogP contribution >= 0.6 is 0 Å². The second kappa shape index (κ2) is 6.64. The molecule has 2 aliphatic rings. The summed E-state index contributed by atoms with van der Waals surface area (Å²) in [4.78, 5) is 17.4. The molecule has 1 saturated carbocycles. The quantitative estimate of drug-likeness (QED) is 0.897. The monoisotopic (exact) mass is 339 g/mol. The van der Waals surface area contributed by atoms with Crippen LogP contribution in [0.4, 0.5) is 0 Å². The highest BCUT2D eigenvalue weighted by Gasteiger charge is 2.50. The Morgan fingerprint density at radius 3 is 3.04 bits per heavy atom. The lowest BCUT2D eigenvalue weighted by molar-refractivity contribution is -0.134. The second-order valence-corrected chi connectivity index (χ2v) is 7.35. The average Bonchev–Trinajstić information content (AvgIpc) is 3.30. The molecule has 0 bridgehead atoms. The van der Waals surface area contributed by atoms with Crippen LogP contribution in [0.1, 0.15) is 44.5 Å². The second-order valence-electron chi connectivity index (χ2n) is 7.35. The van der Waals surface area contributed by atoms with E-state index >= 15 is 0 Å². The van der Waals surface area contributed by atoms with E-state index in [0.717, 1.165) is 43.7 Å². The number of carbonyl (C=O) groups excluding carboxylic acids is 1. The topological polar surface area (TPSA) is 67.2 Å². The number of benzene rings is 1. The van der Waals surface area contributed by atoms with Crippen LogP contribution in [0, 0.1) is 11.3 Å². The summed E-state index contributed by atoms with van der Waals surface area (Å²) in [5, 5.41) is 6.58. The first-order valence-electron chi connectivity index (χ1n) is 9.22. The Labute approximate surface area is 148 Å². The molecule has 5 heteroatoms. The highest BCUT2D eigenvalue weighted by Crippen LogP contribution is 2.44. The van der Waals surface area contributed by atoms with Gasteiger partial charge in [-0.3, -0.25) is 4.79 Å². The first-order chi connectivity index (χ1) is 12.2. The van der Waals surface area contributed by atoms with Crippen LogP contribution in [0.15, 0.2) is 40.9 Å². The number of aromatic nitrogens is 1. The molecular weight excluding hydrogens is 314 g/mol. The summed E-state index contributed by atoms with van der Waals surface area (Å²) in [7, 11) is 0. The number of fused-ring (bicyclic) bond motifs is 1. The smallest absolute Gasteiger partial charge is 0.228 e. The van der Waals surface area contributed by atoms with Gasteiger partial charge in [0.25, 0.3) is 0 Å². The van der Waals surface area contributed by atoms with Gasteiger partial charge in [0.1, 0.15) is 6.04 Å². The van der Waals surface area contributed by atoms with Crippen molar-refractivity contribution in [3.05, 3.63) is 42.4 Å². The zero-order valence-corrected chi connectivity index (χ0v) is 14.6. The molecule has 1 aliphatic carbocycles. The number of hydrogen-bond donors (Lipinski definition) is 2. The number of nitrogens with zero attached hydrogens (tertiary/aromatic N) is 1. The lowest BCUT2D eigenvalue weighted by atomic mass is 9.67. The SMILES string of the molecule is CC(NC(=O)[C@@]12CCCC[C@H]1CNC2)c1ncc(-c2ccccc2)o1. The number of oxazole rings is 1. The summed E-state index contributed by atoms with van der Waals surface area (Å²) in [6, 6.07) is 9.66. The van der Waals surface area contributed by atoms with Crippen molar-refractivity contribution in [3.63, 3.8) is 0 Å². The minimum atomic E-state index is -0.249. The predicted octanol–water partition coefficient (Wildman–Crippen LogP) is 3.30. The number of nitrogens with one attached hydrogen (secondary N) is 2. The number of carbonyl (C=O) groups is 1. The summed E-state index contributed by atoms with van der Waals surface area (Å²) >= 11 is 0. The average molecular weight is 339 g/mol. The first-order valence-corrected chi connectivity index (χ1v) is 9.22. The Morgan fingerprint density at radius 1 is 1.36 bits per heavy atom. The van der Waals surface area contributed by atoms with Gasteiger partial charge in [0.2, 0.25) is 11.8 Å². The minimum Gasteiger partial charge on any atom is -0.438 e. The van der Waals surface area contributed by atoms with Crippen LogP contribution < -0.4 is 10.6 Å². The van der Waals surface area contributed by atoms with Gasteiger partial charge < -0.3 is 15.1 Å². The molecule has 2 aromatic rings. The lowest BCUT2D eigenvalue weighted by Gasteiger charge is -2.37. The van der Waals surface area contributed by atoms with Crippen LogP contribution in [0.2, 0.25) is 0 Å². The van der Waals surface area contributed by atoms with Gasteiger partial charge in [-0.25, -0.2) is 4.98 Å². The van der Waals surface area contributed by atoms with Crippen molar-refractivity contribution >= 4 is 5.91 Å². The van der Waals surface area contributed by atoms with Gasteiger partial charge >= 0.3 is 0 Å². The molecule has 1 saturated heterocycles. The van der Waals surface area contributed by atoms with Crippen molar-refractivity contribution in [1.29, 1.82) is 0 Å². The van der Waals surface area contributed by atoms with E-state index in [1.165, 1.54) is 6.42 Å². The standard InChI is InChI=1S/C20H25N3O2/c1-14(18-22-12-17(25-18)15-7-3-2-4-8-15)23-19(24)20-10-6-5-9-16(20)11-21-13-20/h2-4,7-8,12,14,16,21H,5-6,9-11,13H2,1H3,(H,23,24)/t14?,16-,20+/m0/s1. The Morgan fingerprint density at radius 2 is 2.20 bits per heavy atom. The third kappa shape index (κ3) is 2.97. The van der Waals surface area contributed by atoms with E-state index in [4.69, 9.17) is 4.42 Å². The summed E-state index contributed by atoms with van der Waals surface area (Å²) in [5.41, 5.74) is 0.743. The first kappa shape index (κ1) is 16.3. The molecule has 1 amide bonds. The molecule has 25 heavy (non-hydrogen) atoms. The van der Waals surface area contributed by atoms with Crippen LogP contribution in [-0.2, 0) is 4.79 Å². The molecule has 1 aromatic heterocycles. The molecule has 4 rings (SSSR count). The van der Waals surface area contributed by atoms with Gasteiger partial charge in [0.15, 0.2) is 5.76 Å². The van der Waals surface area contributed by atoms with Crippen molar-refractivity contribution in [3.8, 4) is 11.3 Å². The fourth-order valence-corrected chi connectivity index (χ4v) is 4.32. The van der Waals surface area contributed by atoms with Crippen LogP contribution in [0.25, 0.3) is 11.3 Å². The Kier molecular flexibility index (Phi) is 4.34. The molecule has 2 fully saturated rings. The molecule has 1 aromatic carbocycles. The van der Waals surface area contributed by atoms with E-state index in [2.05, 4.69) is 15.6 Å². The third-order valence-electron chi connectivity index (χ3n) is 5.79. The van der Waals surface area contributed by atoms with E-state index in [0.29, 0.717) is 11.8 Å². The highest BCUT2D eigenvalue weighted by atomic mass is 16.4. The maximum absolute atomic E-state index is 13.0. The van der Waals surface area contributed by atoms with Gasteiger partial charge in [-0.1, -0.05) is 43.2 Å². The summed E-state index contributed by atoms with van der Waals surface area (Å²) in [6.45, 7) is 3.69. The molecule has 132 valence electrons. The van der Waals surface area contributed by atoms with Gasteiger partial charge in [0, 0.05) is 12.1 Å². The fourth-order valence-electron chi connectivity index (χ4n) is 4.32. The lowest BCUT2D eigenvalue weighted by Crippen LogP contribution is -2.48. The van der Waals surface area contributed by atoms with Crippen molar-refractivity contribution < 1.29 is 9.21 Å². The molecule has 0 radical (unpaired) electrons. The van der Waals surface area contributed by atoms with Crippen LogP contribution in [-0.4, -0.2) is 24.0 Å². The molecular formula is C20H25N3O2. The van der Waals surface area contributed by atoms with E-state index < -0.39 is 0 Å². The maximum atomic E-state index is 13.0. The Hall–Kier alpha value is -2.14. The zero-order chi connectivity index (χ0) is 17.3. The molecule has 2 heterocycles.